The minimum absolute atomic E-state index is 0.195. The van der Waals surface area contributed by atoms with Crippen LogP contribution in [0.25, 0.3) is 0 Å². The number of hydrogen-bond acceptors (Lipinski definition) is 12. The smallest absolute Gasteiger partial charge is 0.225 e. The lowest BCUT2D eigenvalue weighted by molar-refractivity contribution is -0.381. The van der Waals surface area contributed by atoms with Gasteiger partial charge in [-0.3, -0.25) is 0 Å². The largest absolute Gasteiger partial charge is 0.490 e. The monoisotopic (exact) mass is 918 g/mol. The van der Waals surface area contributed by atoms with E-state index in [-0.39, 0.29) is 17.8 Å². The molecule has 64 heavy (non-hydrogen) atoms. The third-order valence-electron chi connectivity index (χ3n) is 14.6. The van der Waals surface area contributed by atoms with Crippen molar-refractivity contribution in [3.63, 3.8) is 0 Å². The summed E-state index contributed by atoms with van der Waals surface area (Å²) in [5, 5.41) is 78.2. The summed E-state index contributed by atoms with van der Waals surface area (Å²) in [7, 11) is 0. The standard InChI is InChI=1S/C50H56Cl2O12/c51-39-12-7-34(17-33(39)14-26-3-10-36(11-4-26)62-38-20-31-16-32(31)21-38)50(49(59)47(58)43(54)41(23-53)64-50)60-24-42-44(55)45(56)46(57)48(63-42)28-6-5-27(40(52)22-28)13-25-1-8-35(9-2-25)61-37-18-29-15-30(29)19-37/h1-12,17,22,29-32,37-38,41-49,53-59H,13-16,18-21,23-24H2/t29-,30+,31-,32+,37?,38?,41-,42-,43-,44-,45+,46-,47+,48+,49-,50+/m1/s1. The van der Waals surface area contributed by atoms with Crippen LogP contribution in [-0.4, -0.2) is 110 Å². The molecule has 2 unspecified atom stereocenters. The molecule has 2 aliphatic heterocycles. The van der Waals surface area contributed by atoms with Gasteiger partial charge in [0.25, 0.3) is 0 Å². The minimum Gasteiger partial charge on any atom is -0.490 e. The van der Waals surface area contributed by atoms with Crippen LogP contribution in [0.4, 0.5) is 0 Å². The second kappa shape index (κ2) is 18.0. The van der Waals surface area contributed by atoms with Gasteiger partial charge in [0, 0.05) is 15.6 Å². The van der Waals surface area contributed by atoms with Gasteiger partial charge in [-0.2, -0.15) is 0 Å². The van der Waals surface area contributed by atoms with Crippen LogP contribution in [0.2, 0.25) is 10.0 Å². The summed E-state index contributed by atoms with van der Waals surface area (Å²) in [6.07, 6.45) is -5.67. The maximum atomic E-state index is 11.7. The Morgan fingerprint density at radius 1 is 0.562 bits per heavy atom. The normalized spacial score (nSPS) is 37.5. The van der Waals surface area contributed by atoms with E-state index in [4.69, 9.17) is 46.9 Å². The Balaban J connectivity index is 0.848. The Labute approximate surface area is 382 Å². The number of halogens is 2. The maximum absolute atomic E-state index is 11.7. The SMILES string of the molecule is OC[C@H]1O[C@@](OC[C@H]2O[C@@H](c3ccc(Cc4ccc(OC5C[C@@H]6C[C@@H]6C5)cc4)c(Cl)c3)[C@H](O)[C@@H](O)[C@@H]2O)(c2ccc(Cl)c(Cc3ccc(OC4C[C@@H]5C[C@@H]5C4)cc3)c2)[C@H](O)[C@@H](O)[C@@H]1O. The minimum atomic E-state index is -2.24. The van der Waals surface area contributed by atoms with Gasteiger partial charge >= 0.3 is 0 Å². The third kappa shape index (κ3) is 8.94. The summed E-state index contributed by atoms with van der Waals surface area (Å²) >= 11 is 13.6. The molecule has 6 fully saturated rings. The summed E-state index contributed by atoms with van der Waals surface area (Å²) in [5.41, 5.74) is 4.04. The van der Waals surface area contributed by atoms with E-state index in [0.717, 1.165) is 77.5 Å². The molecule has 6 aliphatic rings. The summed E-state index contributed by atoms with van der Waals surface area (Å²) in [6, 6.07) is 25.8. The number of fused-ring (bicyclic) bond motifs is 2. The van der Waals surface area contributed by atoms with Gasteiger partial charge in [0.05, 0.1) is 25.4 Å². The fraction of sp³-hybridized carbons (Fsp3) is 0.520. The fourth-order valence-electron chi connectivity index (χ4n) is 10.7. The van der Waals surface area contributed by atoms with Gasteiger partial charge in [-0.05, 0) is 145 Å². The van der Waals surface area contributed by atoms with E-state index < -0.39 is 73.9 Å². The predicted molar refractivity (Wildman–Crippen MR) is 235 cm³/mol. The topological polar surface area (TPSA) is 188 Å². The fourth-order valence-corrected chi connectivity index (χ4v) is 11.1. The molecule has 0 spiro atoms. The number of benzene rings is 4. The highest BCUT2D eigenvalue weighted by atomic mass is 35.5. The third-order valence-corrected chi connectivity index (χ3v) is 15.3. The van der Waals surface area contributed by atoms with E-state index in [9.17, 15) is 35.7 Å². The molecule has 4 saturated carbocycles. The molecule has 4 aromatic rings. The molecule has 0 aromatic heterocycles. The van der Waals surface area contributed by atoms with Crippen LogP contribution in [0.3, 0.4) is 0 Å². The van der Waals surface area contributed by atoms with Crippen molar-refractivity contribution >= 4 is 23.2 Å². The van der Waals surface area contributed by atoms with Crippen molar-refractivity contribution in [1.82, 2.24) is 0 Å². The highest BCUT2D eigenvalue weighted by Crippen LogP contribution is 2.53. The average Bonchev–Trinajstić information content (AvgIpc) is 4.14. The number of ether oxygens (including phenoxy) is 5. The van der Waals surface area contributed by atoms with E-state index >= 15 is 0 Å². The Morgan fingerprint density at radius 2 is 1.12 bits per heavy atom. The first kappa shape index (κ1) is 44.5. The maximum Gasteiger partial charge on any atom is 0.225 e. The van der Waals surface area contributed by atoms with Crippen LogP contribution in [0, 0.1) is 23.7 Å². The van der Waals surface area contributed by atoms with Gasteiger partial charge in [0.1, 0.15) is 66.4 Å². The Kier molecular flexibility index (Phi) is 12.5. The van der Waals surface area contributed by atoms with Crippen molar-refractivity contribution in [1.29, 1.82) is 0 Å². The van der Waals surface area contributed by atoms with E-state index in [2.05, 4.69) is 0 Å². The molecule has 2 heterocycles. The van der Waals surface area contributed by atoms with Crippen molar-refractivity contribution in [3.05, 3.63) is 128 Å². The number of aliphatic hydroxyl groups is 7. The molecule has 4 aromatic carbocycles. The molecule has 0 bridgehead atoms. The Hall–Kier alpha value is -3.34. The predicted octanol–water partition coefficient (Wildman–Crippen LogP) is 5.40. The summed E-state index contributed by atoms with van der Waals surface area (Å²) in [6.45, 7) is -1.28. The first-order valence-corrected chi connectivity index (χ1v) is 23.4. The van der Waals surface area contributed by atoms with Gasteiger partial charge in [-0.1, -0.05) is 65.7 Å². The van der Waals surface area contributed by atoms with Crippen molar-refractivity contribution < 1.29 is 59.4 Å². The zero-order valence-electron chi connectivity index (χ0n) is 35.2. The number of rotatable bonds is 14. The molecule has 0 amide bonds. The summed E-state index contributed by atoms with van der Waals surface area (Å²) in [4.78, 5) is 0. The lowest BCUT2D eigenvalue weighted by atomic mass is 9.86. The van der Waals surface area contributed by atoms with Crippen LogP contribution in [-0.2, 0) is 32.8 Å². The molecule has 2 saturated heterocycles. The molecule has 14 heteroatoms. The van der Waals surface area contributed by atoms with E-state index in [0.29, 0.717) is 34.0 Å². The van der Waals surface area contributed by atoms with Crippen molar-refractivity contribution in [3.8, 4) is 11.5 Å². The molecule has 10 rings (SSSR count). The number of aliphatic hydroxyl groups excluding tert-OH is 7. The highest BCUT2D eigenvalue weighted by Gasteiger charge is 2.57. The average molecular weight is 920 g/mol. The second-order valence-corrected chi connectivity index (χ2v) is 19.9. The molecular weight excluding hydrogens is 863 g/mol. The molecular formula is C50H56Cl2O12. The molecule has 0 radical (unpaired) electrons. The van der Waals surface area contributed by atoms with Gasteiger partial charge in [0.2, 0.25) is 5.79 Å². The van der Waals surface area contributed by atoms with Gasteiger partial charge in [0.15, 0.2) is 0 Å². The van der Waals surface area contributed by atoms with E-state index in [1.807, 2.05) is 54.6 Å². The van der Waals surface area contributed by atoms with Crippen LogP contribution in [0.1, 0.15) is 78.0 Å². The molecule has 16 atom stereocenters. The van der Waals surface area contributed by atoms with Crippen molar-refractivity contribution in [2.45, 2.75) is 124 Å². The Bertz CT molecular complexity index is 2260. The van der Waals surface area contributed by atoms with E-state index in [1.165, 1.54) is 12.8 Å². The van der Waals surface area contributed by atoms with Gasteiger partial charge in [-0.25, -0.2) is 0 Å². The van der Waals surface area contributed by atoms with Crippen molar-refractivity contribution in [2.75, 3.05) is 13.2 Å². The molecule has 12 nitrogen and oxygen atoms in total. The van der Waals surface area contributed by atoms with Gasteiger partial charge < -0.3 is 59.4 Å². The van der Waals surface area contributed by atoms with E-state index in [1.54, 1.807) is 30.3 Å². The van der Waals surface area contributed by atoms with Crippen LogP contribution in [0.15, 0.2) is 84.9 Å². The second-order valence-electron chi connectivity index (χ2n) is 19.0. The van der Waals surface area contributed by atoms with Crippen LogP contribution >= 0.6 is 23.2 Å². The van der Waals surface area contributed by atoms with Gasteiger partial charge in [-0.15, -0.1) is 0 Å². The number of hydrogen-bond donors (Lipinski definition) is 7. The quantitative estimate of drug-likeness (QED) is 0.0856. The summed E-state index contributed by atoms with van der Waals surface area (Å²) < 4.78 is 31.2. The first-order chi connectivity index (χ1) is 30.8. The lowest BCUT2D eigenvalue weighted by Crippen LogP contribution is -2.65. The van der Waals surface area contributed by atoms with Crippen molar-refractivity contribution in [2.24, 2.45) is 23.7 Å². The molecule has 7 N–H and O–H groups in total. The Morgan fingerprint density at radius 3 is 1.69 bits per heavy atom. The molecule has 4 aliphatic carbocycles. The molecule has 342 valence electrons. The van der Waals surface area contributed by atoms with Crippen LogP contribution in [0.5, 0.6) is 11.5 Å². The first-order valence-electron chi connectivity index (χ1n) is 22.6. The highest BCUT2D eigenvalue weighted by molar-refractivity contribution is 6.31. The lowest BCUT2D eigenvalue weighted by Gasteiger charge is -2.49. The zero-order valence-corrected chi connectivity index (χ0v) is 36.8. The van der Waals surface area contributed by atoms with Crippen LogP contribution < -0.4 is 9.47 Å². The summed E-state index contributed by atoms with van der Waals surface area (Å²) in [5.74, 6) is 2.71. The zero-order chi connectivity index (χ0) is 44.4.